The number of nitrogens with one attached hydrogen (secondary N) is 4. The molecule has 16 nitrogen and oxygen atoms in total. The molecule has 2 unspecified atom stereocenters. The first-order valence-electron chi connectivity index (χ1n) is 20.5. The van der Waals surface area contributed by atoms with Crippen LogP contribution in [0, 0.1) is 11.8 Å². The SMILES string of the molecule is CC(C)CNC(=O)NCCCCC(NC(=O)[C@@H]1C[C@H](n2nncc2C(C)(C)O)CN1C(=O)C(CC1CCCCC1)NC(=O)c1ccc2ccccc2c1)C(=O)C(N)=O. The molecule has 58 heavy (non-hydrogen) atoms. The summed E-state index contributed by atoms with van der Waals surface area (Å²) >= 11 is 0. The maximum absolute atomic E-state index is 14.9. The number of carbonyl (C=O) groups is 6. The van der Waals surface area contributed by atoms with Crippen molar-refractivity contribution in [3.05, 3.63) is 59.9 Å². The van der Waals surface area contributed by atoms with Crippen molar-refractivity contribution in [2.45, 2.75) is 122 Å². The minimum atomic E-state index is -1.35. The van der Waals surface area contributed by atoms with E-state index in [0.717, 1.165) is 42.9 Å². The molecule has 16 heteroatoms. The first-order valence-corrected chi connectivity index (χ1v) is 20.5. The van der Waals surface area contributed by atoms with Crippen LogP contribution in [0.2, 0.25) is 0 Å². The summed E-state index contributed by atoms with van der Waals surface area (Å²) in [5, 5.41) is 32.3. The number of Topliss-reactive ketones (excluding diaryl/α,β-unsaturated/α-hetero) is 1. The number of fused-ring (bicyclic) bond motifs is 1. The highest BCUT2D eigenvalue weighted by atomic mass is 16.3. The molecule has 7 N–H and O–H groups in total. The molecule has 1 aliphatic heterocycles. The zero-order valence-corrected chi connectivity index (χ0v) is 34.0. The predicted octanol–water partition coefficient (Wildman–Crippen LogP) is 3.23. The second-order valence-corrected chi connectivity index (χ2v) is 16.7. The fourth-order valence-electron chi connectivity index (χ4n) is 7.93. The van der Waals surface area contributed by atoms with Crippen molar-refractivity contribution >= 4 is 46.2 Å². The van der Waals surface area contributed by atoms with Crippen LogP contribution in [0.4, 0.5) is 4.79 Å². The van der Waals surface area contributed by atoms with Crippen LogP contribution in [0.1, 0.15) is 114 Å². The Labute approximate surface area is 339 Å². The minimum absolute atomic E-state index is 0.00462. The van der Waals surface area contributed by atoms with Gasteiger partial charge in [-0.3, -0.25) is 24.0 Å². The number of urea groups is 1. The summed E-state index contributed by atoms with van der Waals surface area (Å²) in [6.07, 6.45) is 7.68. The number of likely N-dealkylation sites (tertiary alicyclic amines) is 1. The van der Waals surface area contributed by atoms with E-state index in [4.69, 9.17) is 5.73 Å². The van der Waals surface area contributed by atoms with Crippen LogP contribution in [-0.2, 0) is 24.8 Å². The van der Waals surface area contributed by atoms with Gasteiger partial charge in [-0.1, -0.05) is 81.5 Å². The Bertz CT molecular complexity index is 1930. The summed E-state index contributed by atoms with van der Waals surface area (Å²) in [6.45, 7) is 7.94. The fourth-order valence-corrected chi connectivity index (χ4v) is 7.93. The third kappa shape index (κ3) is 11.6. The highest BCUT2D eigenvalue weighted by molar-refractivity contribution is 6.37. The second kappa shape index (κ2) is 19.9. The van der Waals surface area contributed by atoms with E-state index >= 15 is 0 Å². The van der Waals surface area contributed by atoms with E-state index < -0.39 is 59.2 Å². The van der Waals surface area contributed by atoms with Crippen LogP contribution in [0.25, 0.3) is 10.8 Å². The third-order valence-corrected chi connectivity index (χ3v) is 11.1. The van der Waals surface area contributed by atoms with Crippen molar-refractivity contribution in [2.75, 3.05) is 19.6 Å². The number of hydrogen-bond acceptors (Lipinski definition) is 9. The van der Waals surface area contributed by atoms with Crippen LogP contribution in [0.15, 0.2) is 48.7 Å². The summed E-state index contributed by atoms with van der Waals surface area (Å²) in [7, 11) is 0. The van der Waals surface area contributed by atoms with Gasteiger partial charge >= 0.3 is 6.03 Å². The predicted molar refractivity (Wildman–Crippen MR) is 217 cm³/mol. The highest BCUT2D eigenvalue weighted by Crippen LogP contribution is 2.34. The van der Waals surface area contributed by atoms with Crippen molar-refractivity contribution in [3.63, 3.8) is 0 Å². The van der Waals surface area contributed by atoms with Gasteiger partial charge in [-0.15, -0.1) is 5.10 Å². The molecule has 1 saturated carbocycles. The minimum Gasteiger partial charge on any atom is -0.384 e. The Kier molecular flexibility index (Phi) is 15.0. The lowest BCUT2D eigenvalue weighted by atomic mass is 9.84. The van der Waals surface area contributed by atoms with Crippen molar-refractivity contribution in [3.8, 4) is 0 Å². The molecular weight excluding hydrogens is 743 g/mol. The molecular formula is C42H59N9O7. The van der Waals surface area contributed by atoms with Crippen molar-refractivity contribution in [2.24, 2.45) is 17.6 Å². The topological polar surface area (TPSA) is 231 Å². The van der Waals surface area contributed by atoms with Gasteiger partial charge in [0.1, 0.15) is 17.7 Å². The van der Waals surface area contributed by atoms with Gasteiger partial charge in [0.2, 0.25) is 17.6 Å². The molecule has 0 spiro atoms. The lowest BCUT2D eigenvalue weighted by molar-refractivity contribution is -0.142. The average Bonchev–Trinajstić information content (AvgIpc) is 3.88. The number of aliphatic hydroxyl groups is 1. The largest absolute Gasteiger partial charge is 0.384 e. The van der Waals surface area contributed by atoms with Gasteiger partial charge < -0.3 is 37.0 Å². The number of nitrogens with zero attached hydrogens (tertiary/aromatic N) is 4. The van der Waals surface area contributed by atoms with Crippen molar-refractivity contribution in [1.29, 1.82) is 0 Å². The van der Waals surface area contributed by atoms with Gasteiger partial charge in [0.25, 0.3) is 11.8 Å². The standard InChI is InChI=1S/C42H59N9O7/c1-26(2)23-45-41(57)44-19-11-10-16-32(36(52)37(43)53)47-39(55)34-22-31(51-35(24-46-49-51)42(3,4)58)25-50(34)40(56)33(20-27-12-6-5-7-13-27)48-38(54)30-18-17-28-14-8-9-15-29(28)21-30/h8-9,14-15,17-18,21,24,26-27,31-34,58H,5-7,10-13,16,19-20,22-23,25H2,1-4H3,(H2,43,53)(H,47,55)(H,48,54)(H2,44,45,57)/t31-,32?,33?,34-/m0/s1. The van der Waals surface area contributed by atoms with Crippen LogP contribution in [0.3, 0.4) is 0 Å². The lowest BCUT2D eigenvalue weighted by Gasteiger charge is -2.32. The second-order valence-electron chi connectivity index (χ2n) is 16.7. The zero-order chi connectivity index (χ0) is 42.0. The van der Waals surface area contributed by atoms with Gasteiger partial charge in [0, 0.05) is 31.6 Å². The molecule has 2 aliphatic rings. The highest BCUT2D eigenvalue weighted by Gasteiger charge is 2.45. The number of rotatable bonds is 18. The van der Waals surface area contributed by atoms with E-state index in [9.17, 15) is 33.9 Å². The number of primary amides is 1. The first kappa shape index (κ1) is 43.7. The molecule has 2 heterocycles. The molecule has 6 amide bonds. The Morgan fingerprint density at radius 1 is 0.931 bits per heavy atom. The molecule has 2 aromatic carbocycles. The summed E-state index contributed by atoms with van der Waals surface area (Å²) in [6, 6.07) is 8.72. The van der Waals surface area contributed by atoms with Gasteiger partial charge in [0.15, 0.2) is 0 Å². The number of hydrogen-bond donors (Lipinski definition) is 6. The van der Waals surface area contributed by atoms with Gasteiger partial charge in [-0.2, -0.15) is 0 Å². The van der Waals surface area contributed by atoms with E-state index in [1.54, 1.807) is 26.0 Å². The molecule has 3 aromatic rings. The maximum atomic E-state index is 14.9. The van der Waals surface area contributed by atoms with Crippen molar-refractivity contribution < 1.29 is 33.9 Å². The summed E-state index contributed by atoms with van der Waals surface area (Å²) in [5.41, 5.74) is 4.84. The van der Waals surface area contributed by atoms with Gasteiger partial charge in [0.05, 0.1) is 24.0 Å². The Balaban J connectivity index is 1.39. The number of benzene rings is 2. The molecule has 1 aromatic heterocycles. The number of amides is 6. The molecule has 0 radical (unpaired) electrons. The van der Waals surface area contributed by atoms with Crippen LogP contribution in [-0.4, -0.2) is 98.2 Å². The van der Waals surface area contributed by atoms with Gasteiger partial charge in [-0.05, 0) is 74.3 Å². The number of nitrogens with two attached hydrogens (primary N) is 1. The van der Waals surface area contributed by atoms with E-state index in [1.165, 1.54) is 15.8 Å². The number of unbranched alkanes of at least 4 members (excludes halogenated alkanes) is 1. The molecule has 0 bridgehead atoms. The van der Waals surface area contributed by atoms with Crippen LogP contribution >= 0.6 is 0 Å². The summed E-state index contributed by atoms with van der Waals surface area (Å²) < 4.78 is 1.51. The Morgan fingerprint density at radius 3 is 2.34 bits per heavy atom. The fraction of sp³-hybridized carbons (Fsp3) is 0.571. The molecule has 4 atom stereocenters. The van der Waals surface area contributed by atoms with E-state index in [0.29, 0.717) is 43.6 Å². The number of aromatic nitrogens is 3. The quantitative estimate of drug-likeness (QED) is 0.0818. The summed E-state index contributed by atoms with van der Waals surface area (Å²) in [4.78, 5) is 81.8. The number of carbonyl (C=O) groups excluding carboxylic acids is 6. The molecule has 5 rings (SSSR count). The van der Waals surface area contributed by atoms with Crippen LogP contribution < -0.4 is 27.0 Å². The lowest BCUT2D eigenvalue weighted by Crippen LogP contribution is -2.56. The van der Waals surface area contributed by atoms with Gasteiger partial charge in [-0.25, -0.2) is 9.48 Å². The monoisotopic (exact) mass is 801 g/mol. The van der Waals surface area contributed by atoms with E-state index in [-0.39, 0.29) is 37.3 Å². The van der Waals surface area contributed by atoms with Crippen LogP contribution in [0.5, 0.6) is 0 Å². The smallest absolute Gasteiger partial charge is 0.314 e. The van der Waals surface area contributed by atoms with E-state index in [1.807, 2.05) is 44.2 Å². The zero-order valence-electron chi connectivity index (χ0n) is 34.0. The number of ketones is 1. The summed E-state index contributed by atoms with van der Waals surface area (Å²) in [5.74, 6) is -3.30. The molecule has 1 saturated heterocycles. The van der Waals surface area contributed by atoms with E-state index in [2.05, 4.69) is 31.6 Å². The Hall–Kier alpha value is -5.38. The molecule has 2 fully saturated rings. The first-order chi connectivity index (χ1) is 27.6. The maximum Gasteiger partial charge on any atom is 0.314 e. The molecule has 1 aliphatic carbocycles. The Morgan fingerprint density at radius 2 is 1.66 bits per heavy atom. The third-order valence-electron chi connectivity index (χ3n) is 11.1. The average molecular weight is 802 g/mol. The molecule has 314 valence electrons. The normalized spacial score (nSPS) is 18.4. The van der Waals surface area contributed by atoms with Crippen molar-refractivity contribution in [1.82, 2.24) is 41.2 Å².